The van der Waals surface area contributed by atoms with Crippen LogP contribution in [0.5, 0.6) is 5.75 Å². The van der Waals surface area contributed by atoms with Crippen LogP contribution < -0.4 is 15.5 Å². The van der Waals surface area contributed by atoms with E-state index in [1.165, 1.54) is 6.07 Å². The van der Waals surface area contributed by atoms with Crippen molar-refractivity contribution < 1.29 is 20.0 Å². The molecule has 1 saturated heterocycles. The SMILES string of the molecule is COc1ccc2c(c1)c(C(=O)N1CC3CC(C1)c1ccc([NH+]([O-])O)c(=O)n1C3)cn2C(C)C. The van der Waals surface area contributed by atoms with Crippen molar-refractivity contribution in [1.82, 2.24) is 14.0 Å². The molecule has 3 atom stereocenters. The molecule has 0 spiro atoms. The van der Waals surface area contributed by atoms with Gasteiger partial charge in [0.15, 0.2) is 0 Å². The van der Waals surface area contributed by atoms with E-state index in [1.807, 2.05) is 29.3 Å². The number of rotatable bonds is 4. The summed E-state index contributed by atoms with van der Waals surface area (Å²) < 4.78 is 9.10. The predicted molar refractivity (Wildman–Crippen MR) is 122 cm³/mol. The minimum Gasteiger partial charge on any atom is -0.595 e. The van der Waals surface area contributed by atoms with E-state index in [0.29, 0.717) is 30.9 Å². The van der Waals surface area contributed by atoms with Gasteiger partial charge in [0.1, 0.15) is 5.75 Å². The second-order valence-corrected chi connectivity index (χ2v) is 9.33. The lowest BCUT2D eigenvalue weighted by Crippen LogP contribution is -3.00. The van der Waals surface area contributed by atoms with Crippen LogP contribution in [0.2, 0.25) is 0 Å². The zero-order chi connectivity index (χ0) is 23.4. The van der Waals surface area contributed by atoms with Gasteiger partial charge in [0, 0.05) is 60.5 Å². The molecule has 0 saturated carbocycles. The first-order valence-electron chi connectivity index (χ1n) is 11.2. The van der Waals surface area contributed by atoms with Gasteiger partial charge in [-0.05, 0) is 50.5 Å². The topological polar surface area (TPSA) is 104 Å². The molecule has 5 rings (SSSR count). The van der Waals surface area contributed by atoms with Gasteiger partial charge in [-0.25, -0.2) is 5.21 Å². The largest absolute Gasteiger partial charge is 0.595 e. The third-order valence-corrected chi connectivity index (χ3v) is 6.95. The maximum atomic E-state index is 13.7. The Hall–Kier alpha value is -3.14. The molecule has 1 aromatic carbocycles. The van der Waals surface area contributed by atoms with Crippen molar-refractivity contribution in [2.24, 2.45) is 5.92 Å². The van der Waals surface area contributed by atoms with E-state index < -0.39 is 10.8 Å². The molecule has 2 aromatic heterocycles. The van der Waals surface area contributed by atoms with Gasteiger partial charge in [-0.3, -0.25) is 9.59 Å². The van der Waals surface area contributed by atoms with E-state index in [0.717, 1.165) is 23.0 Å². The van der Waals surface area contributed by atoms with Crippen molar-refractivity contribution >= 4 is 22.5 Å². The van der Waals surface area contributed by atoms with Gasteiger partial charge in [-0.2, -0.15) is 5.23 Å². The maximum absolute atomic E-state index is 13.7. The molecule has 0 radical (unpaired) electrons. The van der Waals surface area contributed by atoms with Crippen LogP contribution in [0.4, 0.5) is 5.69 Å². The highest BCUT2D eigenvalue weighted by molar-refractivity contribution is 6.07. The lowest BCUT2D eigenvalue weighted by atomic mass is 9.83. The van der Waals surface area contributed by atoms with Crippen molar-refractivity contribution in [3.63, 3.8) is 0 Å². The first-order chi connectivity index (χ1) is 15.8. The van der Waals surface area contributed by atoms with Gasteiger partial charge >= 0.3 is 5.56 Å². The Labute approximate surface area is 190 Å². The Morgan fingerprint density at radius 3 is 2.70 bits per heavy atom. The first-order valence-corrected chi connectivity index (χ1v) is 11.2. The maximum Gasteiger partial charge on any atom is 0.315 e. The van der Waals surface area contributed by atoms with Crippen LogP contribution in [0, 0.1) is 11.1 Å². The molecule has 4 heterocycles. The van der Waals surface area contributed by atoms with E-state index >= 15 is 0 Å². The highest BCUT2D eigenvalue weighted by Gasteiger charge is 2.38. The molecule has 174 valence electrons. The number of nitrogens with zero attached hydrogens (tertiary/aromatic N) is 3. The Kier molecular flexibility index (Phi) is 5.27. The number of amides is 1. The standard InChI is InChI=1S/C24H28N4O5/c1-14(2)26-13-19(18-9-17(33-3)4-5-21(18)26)23(29)25-10-15-8-16(12-25)20-6-7-22(28(31)32)24(30)27(20)11-15/h4-7,9,13-16,28,31H,8,10-12H2,1-3H3. The molecule has 2 bridgehead atoms. The molecular formula is C24H28N4O5. The van der Waals surface area contributed by atoms with Crippen LogP contribution in [-0.2, 0) is 6.54 Å². The number of aromatic nitrogens is 2. The summed E-state index contributed by atoms with van der Waals surface area (Å²) in [6, 6.07) is 9.12. The second-order valence-electron chi connectivity index (χ2n) is 9.33. The van der Waals surface area contributed by atoms with Crippen molar-refractivity contribution in [2.75, 3.05) is 20.2 Å². The van der Waals surface area contributed by atoms with Crippen molar-refractivity contribution in [3.05, 3.63) is 63.3 Å². The quantitative estimate of drug-likeness (QED) is 0.590. The summed E-state index contributed by atoms with van der Waals surface area (Å²) in [6.45, 7) is 5.64. The molecule has 2 aliphatic rings. The number of nitrogens with one attached hydrogen (secondary N) is 1. The molecule has 3 aromatic rings. The average Bonchev–Trinajstić information content (AvgIpc) is 3.18. The first kappa shape index (κ1) is 21.7. The molecule has 3 unspecified atom stereocenters. The Morgan fingerprint density at radius 2 is 2.00 bits per heavy atom. The van der Waals surface area contributed by atoms with Crippen LogP contribution in [0.3, 0.4) is 0 Å². The summed E-state index contributed by atoms with van der Waals surface area (Å²) in [5.74, 6) is 0.788. The van der Waals surface area contributed by atoms with Crippen LogP contribution in [-0.4, -0.2) is 45.3 Å². The fraction of sp³-hybridized carbons (Fsp3) is 0.417. The number of fused-ring (bicyclic) bond motifs is 5. The number of pyridine rings is 1. The fourth-order valence-electron chi connectivity index (χ4n) is 5.40. The van der Waals surface area contributed by atoms with Crippen LogP contribution in [0.1, 0.15) is 48.3 Å². The third kappa shape index (κ3) is 3.52. The number of quaternary nitrogens is 1. The van der Waals surface area contributed by atoms with Crippen LogP contribution in [0.15, 0.2) is 41.3 Å². The summed E-state index contributed by atoms with van der Waals surface area (Å²) in [5.41, 5.74) is 1.79. The van der Waals surface area contributed by atoms with Crippen molar-refractivity contribution in [3.8, 4) is 5.75 Å². The summed E-state index contributed by atoms with van der Waals surface area (Å²) in [4.78, 5) is 28.3. The molecule has 2 N–H and O–H groups in total. The van der Waals surface area contributed by atoms with Crippen LogP contribution in [0.25, 0.3) is 10.9 Å². The Morgan fingerprint density at radius 1 is 1.21 bits per heavy atom. The number of carbonyl (C=O) groups excluding carboxylic acids is 1. The molecule has 1 fully saturated rings. The molecule has 1 amide bonds. The summed E-state index contributed by atoms with van der Waals surface area (Å²) in [5, 5.41) is 20.3. The molecule has 33 heavy (non-hydrogen) atoms. The van der Waals surface area contributed by atoms with E-state index in [9.17, 15) is 20.0 Å². The lowest BCUT2D eigenvalue weighted by Gasteiger charge is -2.42. The fourth-order valence-corrected chi connectivity index (χ4v) is 5.40. The zero-order valence-electron chi connectivity index (χ0n) is 18.9. The number of ether oxygens (including phenoxy) is 1. The summed E-state index contributed by atoms with van der Waals surface area (Å²) in [6.07, 6.45) is 2.82. The van der Waals surface area contributed by atoms with Crippen molar-refractivity contribution in [2.45, 2.75) is 38.8 Å². The Balaban J connectivity index is 1.50. The summed E-state index contributed by atoms with van der Waals surface area (Å²) >= 11 is 0. The highest BCUT2D eigenvalue weighted by Crippen LogP contribution is 2.37. The molecule has 9 heteroatoms. The molecule has 2 aliphatic heterocycles. The van der Waals surface area contributed by atoms with Gasteiger partial charge in [-0.15, -0.1) is 0 Å². The summed E-state index contributed by atoms with van der Waals surface area (Å²) in [7, 11) is 1.61. The molecule has 0 aliphatic carbocycles. The number of hydrogen-bond donors (Lipinski definition) is 2. The normalized spacial score (nSPS) is 20.7. The van der Waals surface area contributed by atoms with Gasteiger partial charge in [0.2, 0.25) is 5.69 Å². The average molecular weight is 453 g/mol. The molecule has 9 nitrogen and oxygen atoms in total. The van der Waals surface area contributed by atoms with Gasteiger partial charge < -0.3 is 24.0 Å². The number of methoxy groups -OCH3 is 1. The predicted octanol–water partition coefficient (Wildman–Crippen LogP) is 2.06. The number of likely N-dealkylation sites (tertiary alicyclic amines) is 1. The number of carbonyl (C=O) groups is 1. The third-order valence-electron chi connectivity index (χ3n) is 6.95. The van der Waals surface area contributed by atoms with E-state index in [-0.39, 0.29) is 29.5 Å². The minimum absolute atomic E-state index is 0.00461. The second kappa shape index (κ2) is 8.02. The van der Waals surface area contributed by atoms with E-state index in [1.54, 1.807) is 17.7 Å². The van der Waals surface area contributed by atoms with E-state index in [4.69, 9.17) is 4.74 Å². The zero-order valence-corrected chi connectivity index (χ0v) is 18.9. The highest BCUT2D eigenvalue weighted by atomic mass is 16.8. The van der Waals surface area contributed by atoms with Crippen LogP contribution >= 0.6 is 0 Å². The van der Waals surface area contributed by atoms with E-state index in [2.05, 4.69) is 18.4 Å². The monoisotopic (exact) mass is 452 g/mol. The van der Waals surface area contributed by atoms with Gasteiger partial charge in [-0.1, -0.05) is 0 Å². The molecular weight excluding hydrogens is 424 g/mol. The number of hydrogen-bond acceptors (Lipinski definition) is 5. The lowest BCUT2D eigenvalue weighted by molar-refractivity contribution is -0.992. The minimum atomic E-state index is -1.21. The van der Waals surface area contributed by atoms with Gasteiger partial charge in [0.05, 0.1) is 12.7 Å². The van der Waals surface area contributed by atoms with Gasteiger partial charge in [0.25, 0.3) is 5.91 Å². The number of piperidine rings is 1. The smallest absolute Gasteiger partial charge is 0.315 e. The van der Waals surface area contributed by atoms with Crippen molar-refractivity contribution in [1.29, 1.82) is 0 Å². The Bertz CT molecular complexity index is 1290. The number of benzene rings is 1.